The number of nitrogens with one attached hydrogen (secondary N) is 1. The maximum atomic E-state index is 12.7. The molecule has 5 heteroatoms. The average Bonchev–Trinajstić information content (AvgIpc) is 3.14. The molecule has 1 aliphatic rings. The summed E-state index contributed by atoms with van der Waals surface area (Å²) in [5.41, 5.74) is 3.96. The number of benzene rings is 2. The number of hydrogen-bond acceptors (Lipinski definition) is 3. The summed E-state index contributed by atoms with van der Waals surface area (Å²) in [6.45, 7) is 5.16. The first-order valence-electron chi connectivity index (χ1n) is 10.1. The molecule has 0 unspecified atom stereocenters. The maximum Gasteiger partial charge on any atom is 0.194 e. The van der Waals surface area contributed by atoms with Crippen molar-refractivity contribution in [3.63, 3.8) is 0 Å². The third kappa shape index (κ3) is 4.35. The minimum atomic E-state index is 0.0896. The molecule has 0 amide bonds. The zero-order valence-corrected chi connectivity index (χ0v) is 17.1. The fraction of sp³-hybridized carbons (Fsp3) is 0.292. The molecule has 0 atom stereocenters. The lowest BCUT2D eigenvalue weighted by molar-refractivity contribution is -0.914. The number of ether oxygens (including phenoxy) is 1. The van der Waals surface area contributed by atoms with Crippen molar-refractivity contribution in [2.75, 3.05) is 38.2 Å². The molecule has 2 aromatic carbocycles. The van der Waals surface area contributed by atoms with Crippen LogP contribution in [-0.4, -0.2) is 43.6 Å². The second-order valence-electron chi connectivity index (χ2n) is 7.64. The predicted molar refractivity (Wildman–Crippen MR) is 115 cm³/mol. The standard InChI is InChI=1S/C24H27N3O2/c1-25-17-20(24(28)19-6-4-3-5-7-19)16-22(25)18-26-12-14-27(15-13-26)21-8-10-23(29-2)11-9-21/h3-11,16-17H,12-15,18H2,1-2H3/p+1. The van der Waals surface area contributed by atoms with E-state index in [4.69, 9.17) is 4.74 Å². The van der Waals surface area contributed by atoms with E-state index in [9.17, 15) is 4.79 Å². The minimum absolute atomic E-state index is 0.0896. The number of ketones is 1. The normalized spacial score (nSPS) is 14.8. The predicted octanol–water partition coefficient (Wildman–Crippen LogP) is 2.17. The van der Waals surface area contributed by atoms with Crippen molar-refractivity contribution >= 4 is 11.5 Å². The van der Waals surface area contributed by atoms with Crippen LogP contribution >= 0.6 is 0 Å². The number of nitrogens with zero attached hydrogens (tertiary/aromatic N) is 2. The van der Waals surface area contributed by atoms with Gasteiger partial charge in [-0.3, -0.25) is 4.79 Å². The van der Waals surface area contributed by atoms with Crippen molar-refractivity contribution in [2.24, 2.45) is 7.05 Å². The fourth-order valence-electron chi connectivity index (χ4n) is 3.97. The van der Waals surface area contributed by atoms with Crippen molar-refractivity contribution in [2.45, 2.75) is 6.54 Å². The molecule has 0 saturated carbocycles. The van der Waals surface area contributed by atoms with Gasteiger partial charge in [0, 0.05) is 30.1 Å². The number of aryl methyl sites for hydroxylation is 1. The summed E-state index contributed by atoms with van der Waals surface area (Å²) in [5, 5.41) is 0. The monoisotopic (exact) mass is 390 g/mol. The molecular formula is C24H28N3O2+. The Morgan fingerprint density at radius 3 is 2.34 bits per heavy atom. The summed E-state index contributed by atoms with van der Waals surface area (Å²) in [7, 11) is 3.73. The van der Waals surface area contributed by atoms with E-state index >= 15 is 0 Å². The first-order chi connectivity index (χ1) is 14.1. The Hall–Kier alpha value is -3.05. The van der Waals surface area contributed by atoms with E-state index < -0.39 is 0 Å². The van der Waals surface area contributed by atoms with Gasteiger partial charge >= 0.3 is 0 Å². The van der Waals surface area contributed by atoms with E-state index in [1.165, 1.54) is 11.4 Å². The largest absolute Gasteiger partial charge is 0.497 e. The Bertz CT molecular complexity index is 956. The van der Waals surface area contributed by atoms with E-state index in [1.807, 2.05) is 55.7 Å². The SMILES string of the molecule is COc1ccc(N2CC[NH+](Cc3cc(C(=O)c4ccccc4)cn3C)CC2)cc1. The van der Waals surface area contributed by atoms with Crippen LogP contribution < -0.4 is 14.5 Å². The smallest absolute Gasteiger partial charge is 0.194 e. The van der Waals surface area contributed by atoms with Gasteiger partial charge in [-0.2, -0.15) is 0 Å². The number of carbonyl (C=O) groups is 1. The highest BCUT2D eigenvalue weighted by atomic mass is 16.5. The van der Waals surface area contributed by atoms with Gasteiger partial charge in [0.1, 0.15) is 12.3 Å². The highest BCUT2D eigenvalue weighted by molar-refractivity contribution is 6.09. The van der Waals surface area contributed by atoms with Crippen LogP contribution in [0.15, 0.2) is 66.9 Å². The number of rotatable bonds is 6. The van der Waals surface area contributed by atoms with Crippen LogP contribution in [0.1, 0.15) is 21.6 Å². The van der Waals surface area contributed by atoms with Crippen LogP contribution in [0.25, 0.3) is 0 Å². The van der Waals surface area contributed by atoms with Gasteiger partial charge < -0.3 is 19.1 Å². The van der Waals surface area contributed by atoms with Crippen molar-refractivity contribution < 1.29 is 14.4 Å². The fourth-order valence-corrected chi connectivity index (χ4v) is 3.97. The minimum Gasteiger partial charge on any atom is -0.497 e. The third-order valence-electron chi connectivity index (χ3n) is 5.75. The first-order valence-corrected chi connectivity index (χ1v) is 10.1. The summed E-state index contributed by atoms with van der Waals surface area (Å²) in [6.07, 6.45) is 1.96. The molecule has 1 saturated heterocycles. The Labute approximate surface area is 172 Å². The number of carbonyl (C=O) groups excluding carboxylic acids is 1. The molecule has 0 bridgehead atoms. The van der Waals surface area contributed by atoms with Crippen molar-refractivity contribution in [3.05, 3.63) is 83.7 Å². The topological polar surface area (TPSA) is 38.9 Å². The van der Waals surface area contributed by atoms with Gasteiger partial charge in [-0.15, -0.1) is 0 Å². The van der Waals surface area contributed by atoms with E-state index in [-0.39, 0.29) is 5.78 Å². The third-order valence-corrected chi connectivity index (χ3v) is 5.75. The highest BCUT2D eigenvalue weighted by Gasteiger charge is 2.22. The van der Waals surface area contributed by atoms with Crippen molar-refractivity contribution in [1.82, 2.24) is 4.57 Å². The number of methoxy groups -OCH3 is 1. The molecular weight excluding hydrogens is 362 g/mol. The van der Waals surface area contributed by atoms with E-state index in [1.54, 1.807) is 12.0 Å². The van der Waals surface area contributed by atoms with Crippen LogP contribution in [-0.2, 0) is 13.6 Å². The zero-order chi connectivity index (χ0) is 20.2. The summed E-state index contributed by atoms with van der Waals surface area (Å²) < 4.78 is 7.35. The van der Waals surface area contributed by atoms with Crippen LogP contribution in [0.2, 0.25) is 0 Å². The van der Waals surface area contributed by atoms with Crippen molar-refractivity contribution in [3.8, 4) is 5.75 Å². The van der Waals surface area contributed by atoms with Gasteiger partial charge in [0.2, 0.25) is 0 Å². The van der Waals surface area contributed by atoms with Gasteiger partial charge in [-0.25, -0.2) is 0 Å². The molecule has 0 aliphatic carbocycles. The van der Waals surface area contributed by atoms with Crippen LogP contribution in [0.5, 0.6) is 5.75 Å². The van der Waals surface area contributed by atoms with Crippen LogP contribution in [0.4, 0.5) is 5.69 Å². The quantitative estimate of drug-likeness (QED) is 0.656. The molecule has 0 spiro atoms. The first kappa shape index (κ1) is 19.3. The Morgan fingerprint density at radius 2 is 1.69 bits per heavy atom. The number of anilines is 1. The van der Waals surface area contributed by atoms with Gasteiger partial charge in [0.05, 0.1) is 39.0 Å². The molecule has 150 valence electrons. The molecule has 2 heterocycles. The van der Waals surface area contributed by atoms with E-state index in [0.29, 0.717) is 0 Å². The Balaban J connectivity index is 1.37. The molecule has 4 rings (SSSR count). The lowest BCUT2D eigenvalue weighted by Gasteiger charge is -2.33. The molecule has 1 aliphatic heterocycles. The van der Waals surface area contributed by atoms with Gasteiger partial charge in [-0.1, -0.05) is 30.3 Å². The molecule has 0 radical (unpaired) electrons. The van der Waals surface area contributed by atoms with Gasteiger partial charge in [-0.05, 0) is 30.3 Å². The van der Waals surface area contributed by atoms with Crippen molar-refractivity contribution in [1.29, 1.82) is 0 Å². The average molecular weight is 391 g/mol. The zero-order valence-electron chi connectivity index (χ0n) is 17.1. The molecule has 1 aromatic heterocycles. The van der Waals surface area contributed by atoms with E-state index in [2.05, 4.69) is 27.7 Å². The van der Waals surface area contributed by atoms with Crippen LogP contribution in [0, 0.1) is 0 Å². The number of quaternary nitrogens is 1. The lowest BCUT2D eigenvalue weighted by atomic mass is 10.1. The Kier molecular flexibility index (Phi) is 5.67. The number of piperazine rings is 1. The summed E-state index contributed by atoms with van der Waals surface area (Å²) in [5.74, 6) is 0.981. The number of aromatic nitrogens is 1. The second kappa shape index (κ2) is 8.53. The number of hydrogen-bond donors (Lipinski definition) is 1. The lowest BCUT2D eigenvalue weighted by Crippen LogP contribution is -3.13. The summed E-state index contributed by atoms with van der Waals surface area (Å²) >= 11 is 0. The Morgan fingerprint density at radius 1 is 1.00 bits per heavy atom. The molecule has 5 nitrogen and oxygen atoms in total. The van der Waals surface area contributed by atoms with Gasteiger partial charge in [0.15, 0.2) is 5.78 Å². The molecule has 3 aromatic rings. The van der Waals surface area contributed by atoms with Crippen LogP contribution in [0.3, 0.4) is 0 Å². The summed E-state index contributed by atoms with van der Waals surface area (Å²) in [4.78, 5) is 16.7. The second-order valence-corrected chi connectivity index (χ2v) is 7.64. The maximum absolute atomic E-state index is 12.7. The highest BCUT2D eigenvalue weighted by Crippen LogP contribution is 2.19. The molecule has 29 heavy (non-hydrogen) atoms. The van der Waals surface area contributed by atoms with E-state index in [0.717, 1.165) is 49.6 Å². The molecule has 1 fully saturated rings. The summed E-state index contributed by atoms with van der Waals surface area (Å²) in [6, 6.07) is 19.8. The van der Waals surface area contributed by atoms with Gasteiger partial charge in [0.25, 0.3) is 0 Å². The molecule has 1 N–H and O–H groups in total.